The van der Waals surface area contributed by atoms with Crippen molar-refractivity contribution in [3.05, 3.63) is 56.8 Å². The molecular weight excluding hydrogens is 318 g/mol. The summed E-state index contributed by atoms with van der Waals surface area (Å²) in [6.07, 6.45) is 3.47. The molecular formula is C14H11BrF2S. The van der Waals surface area contributed by atoms with Crippen molar-refractivity contribution in [2.75, 3.05) is 0 Å². The van der Waals surface area contributed by atoms with E-state index in [2.05, 4.69) is 22.0 Å². The molecule has 1 aliphatic carbocycles. The Hall–Kier alpha value is -0.740. The lowest BCUT2D eigenvalue weighted by Gasteiger charge is -2.09. The van der Waals surface area contributed by atoms with Gasteiger partial charge in [-0.15, -0.1) is 11.3 Å². The molecule has 0 radical (unpaired) electrons. The molecule has 94 valence electrons. The molecule has 0 amide bonds. The minimum atomic E-state index is -0.537. The molecule has 0 nitrogen and oxygen atoms in total. The summed E-state index contributed by atoms with van der Waals surface area (Å²) in [6, 6.07) is 5.89. The van der Waals surface area contributed by atoms with Gasteiger partial charge in [-0.05, 0) is 37.0 Å². The number of aryl methyl sites for hydroxylation is 2. The molecule has 0 N–H and O–H groups in total. The molecule has 0 aliphatic heterocycles. The molecule has 1 heterocycles. The Morgan fingerprint density at radius 2 is 2.00 bits per heavy atom. The summed E-state index contributed by atoms with van der Waals surface area (Å²) in [5.41, 5.74) is 1.89. The fourth-order valence-electron chi connectivity index (χ4n) is 2.34. The Morgan fingerprint density at radius 3 is 2.72 bits per heavy atom. The van der Waals surface area contributed by atoms with Gasteiger partial charge in [0.1, 0.15) is 11.6 Å². The van der Waals surface area contributed by atoms with E-state index in [1.54, 1.807) is 11.3 Å². The lowest BCUT2D eigenvalue weighted by Crippen LogP contribution is -1.95. The van der Waals surface area contributed by atoms with Gasteiger partial charge in [0.2, 0.25) is 0 Å². The lowest BCUT2D eigenvalue weighted by molar-refractivity contribution is 0.574. The van der Waals surface area contributed by atoms with E-state index in [1.807, 2.05) is 0 Å². The predicted octanol–water partition coefficient (Wildman–Crippen LogP) is 5.00. The predicted molar refractivity (Wildman–Crippen MR) is 73.5 cm³/mol. The number of alkyl halides is 1. The fourth-order valence-corrected chi connectivity index (χ4v) is 4.38. The average molecular weight is 329 g/mol. The molecule has 4 heteroatoms. The first-order valence-electron chi connectivity index (χ1n) is 5.85. The van der Waals surface area contributed by atoms with Crippen LogP contribution in [-0.2, 0) is 12.8 Å². The second-order valence-electron chi connectivity index (χ2n) is 4.48. The van der Waals surface area contributed by atoms with Crippen LogP contribution in [0.25, 0.3) is 0 Å². The van der Waals surface area contributed by atoms with Gasteiger partial charge in [0.05, 0.1) is 4.83 Å². The third-order valence-electron chi connectivity index (χ3n) is 3.25. The summed E-state index contributed by atoms with van der Waals surface area (Å²) in [5.74, 6) is -1.03. The molecule has 0 fully saturated rings. The highest BCUT2D eigenvalue weighted by Crippen LogP contribution is 2.40. The SMILES string of the molecule is Fc1ccc(C(Br)c2cc3c(s2)CCC3)c(F)c1. The van der Waals surface area contributed by atoms with Crippen LogP contribution >= 0.6 is 27.3 Å². The lowest BCUT2D eigenvalue weighted by atomic mass is 10.1. The summed E-state index contributed by atoms with van der Waals surface area (Å²) >= 11 is 5.25. The van der Waals surface area contributed by atoms with E-state index in [0.29, 0.717) is 5.56 Å². The Morgan fingerprint density at radius 1 is 1.17 bits per heavy atom. The minimum absolute atomic E-state index is 0.186. The molecule has 1 aliphatic rings. The first kappa shape index (κ1) is 12.3. The van der Waals surface area contributed by atoms with Crippen LogP contribution in [0.3, 0.4) is 0 Å². The van der Waals surface area contributed by atoms with Crippen LogP contribution in [0.2, 0.25) is 0 Å². The van der Waals surface area contributed by atoms with Crippen molar-refractivity contribution in [1.82, 2.24) is 0 Å². The van der Waals surface area contributed by atoms with Gasteiger partial charge in [-0.25, -0.2) is 8.78 Å². The monoisotopic (exact) mass is 328 g/mol. The average Bonchev–Trinajstić information content (AvgIpc) is 2.87. The van der Waals surface area contributed by atoms with Gasteiger partial charge in [0, 0.05) is 21.4 Å². The molecule has 1 unspecified atom stereocenters. The molecule has 1 aromatic carbocycles. The summed E-state index contributed by atoms with van der Waals surface area (Å²) in [6.45, 7) is 0. The van der Waals surface area contributed by atoms with E-state index >= 15 is 0 Å². The maximum atomic E-state index is 13.7. The number of hydrogen-bond acceptors (Lipinski definition) is 1. The van der Waals surface area contributed by atoms with E-state index in [-0.39, 0.29) is 4.83 Å². The van der Waals surface area contributed by atoms with Gasteiger partial charge in [0.25, 0.3) is 0 Å². The zero-order valence-corrected chi connectivity index (χ0v) is 12.0. The number of fused-ring (bicyclic) bond motifs is 1. The van der Waals surface area contributed by atoms with Gasteiger partial charge in [0.15, 0.2) is 0 Å². The van der Waals surface area contributed by atoms with Crippen LogP contribution in [0.1, 0.15) is 32.1 Å². The Bertz CT molecular complexity index is 570. The molecule has 0 saturated carbocycles. The highest BCUT2D eigenvalue weighted by atomic mass is 79.9. The maximum absolute atomic E-state index is 13.7. The van der Waals surface area contributed by atoms with Gasteiger partial charge < -0.3 is 0 Å². The second-order valence-corrected chi connectivity index (χ2v) is 6.56. The van der Waals surface area contributed by atoms with E-state index < -0.39 is 11.6 Å². The van der Waals surface area contributed by atoms with Crippen molar-refractivity contribution in [1.29, 1.82) is 0 Å². The molecule has 0 saturated heterocycles. The third kappa shape index (κ3) is 2.12. The van der Waals surface area contributed by atoms with Crippen LogP contribution < -0.4 is 0 Å². The second kappa shape index (κ2) is 4.74. The molecule has 0 bridgehead atoms. The van der Waals surface area contributed by atoms with E-state index in [1.165, 1.54) is 29.0 Å². The van der Waals surface area contributed by atoms with Crippen molar-refractivity contribution in [2.24, 2.45) is 0 Å². The Balaban J connectivity index is 1.95. The molecule has 18 heavy (non-hydrogen) atoms. The fraction of sp³-hybridized carbons (Fsp3) is 0.286. The standard InChI is InChI=1S/C14H11BrF2S/c15-14(10-5-4-9(16)7-11(10)17)13-6-8-2-1-3-12(8)18-13/h4-7,14H,1-3H2. The molecule has 3 rings (SSSR count). The largest absolute Gasteiger partial charge is 0.207 e. The van der Waals surface area contributed by atoms with E-state index in [0.717, 1.165) is 23.8 Å². The van der Waals surface area contributed by atoms with Crippen LogP contribution in [0.15, 0.2) is 24.3 Å². The molecule has 2 aromatic rings. The van der Waals surface area contributed by atoms with Gasteiger partial charge in [-0.1, -0.05) is 22.0 Å². The van der Waals surface area contributed by atoms with Crippen molar-refractivity contribution in [2.45, 2.75) is 24.1 Å². The Labute approximate surface area is 117 Å². The van der Waals surface area contributed by atoms with E-state index in [4.69, 9.17) is 0 Å². The smallest absolute Gasteiger partial charge is 0.130 e. The third-order valence-corrected chi connectivity index (χ3v) is 5.84. The van der Waals surface area contributed by atoms with Gasteiger partial charge in [-0.3, -0.25) is 0 Å². The number of rotatable bonds is 2. The first-order chi connectivity index (χ1) is 8.65. The molecule has 0 spiro atoms. The zero-order chi connectivity index (χ0) is 12.7. The summed E-state index contributed by atoms with van der Waals surface area (Å²) in [7, 11) is 0. The number of halogens is 3. The Kier molecular flexibility index (Phi) is 3.24. The van der Waals surface area contributed by atoms with Crippen molar-refractivity contribution >= 4 is 27.3 Å². The van der Waals surface area contributed by atoms with Gasteiger partial charge >= 0.3 is 0 Å². The maximum Gasteiger partial charge on any atom is 0.130 e. The topological polar surface area (TPSA) is 0 Å². The number of thiophene rings is 1. The molecule has 1 aromatic heterocycles. The van der Waals surface area contributed by atoms with Gasteiger partial charge in [-0.2, -0.15) is 0 Å². The van der Waals surface area contributed by atoms with Crippen LogP contribution in [0.5, 0.6) is 0 Å². The normalized spacial score (nSPS) is 15.7. The summed E-state index contributed by atoms with van der Waals surface area (Å²) in [5, 5.41) is 0. The summed E-state index contributed by atoms with van der Waals surface area (Å²) in [4.78, 5) is 2.33. The van der Waals surface area contributed by atoms with Crippen LogP contribution in [0, 0.1) is 11.6 Å². The van der Waals surface area contributed by atoms with Crippen molar-refractivity contribution < 1.29 is 8.78 Å². The molecule has 1 atom stereocenters. The quantitative estimate of drug-likeness (QED) is 0.680. The van der Waals surface area contributed by atoms with Crippen molar-refractivity contribution in [3.63, 3.8) is 0 Å². The highest BCUT2D eigenvalue weighted by Gasteiger charge is 2.21. The zero-order valence-electron chi connectivity index (χ0n) is 9.55. The van der Waals surface area contributed by atoms with E-state index in [9.17, 15) is 8.78 Å². The first-order valence-corrected chi connectivity index (χ1v) is 7.59. The number of hydrogen-bond donors (Lipinski definition) is 0. The number of benzene rings is 1. The highest BCUT2D eigenvalue weighted by molar-refractivity contribution is 9.09. The summed E-state index contributed by atoms with van der Waals surface area (Å²) < 4.78 is 26.6. The van der Waals surface area contributed by atoms with Crippen LogP contribution in [0.4, 0.5) is 8.78 Å². The van der Waals surface area contributed by atoms with Crippen molar-refractivity contribution in [3.8, 4) is 0 Å². The minimum Gasteiger partial charge on any atom is -0.207 e. The van der Waals surface area contributed by atoms with Crippen LogP contribution in [-0.4, -0.2) is 0 Å².